The van der Waals surface area contributed by atoms with Gasteiger partial charge in [-0.15, -0.1) is 0 Å². The average molecular weight is 259 g/mol. The Hall–Kier alpha value is -0.590. The molecule has 2 rings (SSSR count). The Kier molecular flexibility index (Phi) is 4.42. The Morgan fingerprint density at radius 1 is 1.47 bits per heavy atom. The fourth-order valence-corrected chi connectivity index (χ4v) is 2.76. The van der Waals surface area contributed by atoms with Gasteiger partial charge in [-0.2, -0.15) is 0 Å². The zero-order valence-corrected chi connectivity index (χ0v) is 10.7. The van der Waals surface area contributed by atoms with E-state index >= 15 is 0 Å². The van der Waals surface area contributed by atoms with Crippen LogP contribution in [0.2, 0.25) is 0 Å². The van der Waals surface area contributed by atoms with Gasteiger partial charge in [0, 0.05) is 25.6 Å². The van der Waals surface area contributed by atoms with E-state index in [0.717, 1.165) is 5.75 Å². The Bertz CT molecular complexity index is 304. The van der Waals surface area contributed by atoms with Crippen molar-refractivity contribution in [3.8, 4) is 0 Å². The maximum Gasteiger partial charge on any atom is 0.223 e. The van der Waals surface area contributed by atoms with Gasteiger partial charge in [-0.3, -0.25) is 9.59 Å². The van der Waals surface area contributed by atoms with Gasteiger partial charge in [0.25, 0.3) is 0 Å². The highest BCUT2D eigenvalue weighted by atomic mass is 32.2. The van der Waals surface area contributed by atoms with E-state index in [2.05, 4.69) is 0 Å². The van der Waals surface area contributed by atoms with Crippen molar-refractivity contribution < 1.29 is 19.1 Å². The van der Waals surface area contributed by atoms with Gasteiger partial charge in [-0.25, -0.2) is 0 Å². The van der Waals surface area contributed by atoms with Crippen molar-refractivity contribution in [3.05, 3.63) is 0 Å². The SMILES string of the molecule is CC(=O)SCC1CC(=O)N(CC2OCCO2)C1. The summed E-state index contributed by atoms with van der Waals surface area (Å²) >= 11 is 1.30. The van der Waals surface area contributed by atoms with Gasteiger partial charge in [-0.1, -0.05) is 11.8 Å². The molecule has 0 aromatic carbocycles. The molecule has 0 radical (unpaired) electrons. The van der Waals surface area contributed by atoms with Gasteiger partial charge in [0.1, 0.15) is 0 Å². The van der Waals surface area contributed by atoms with Gasteiger partial charge in [0.15, 0.2) is 11.4 Å². The molecule has 0 spiro atoms. The maximum atomic E-state index is 11.7. The molecule has 0 aromatic rings. The summed E-state index contributed by atoms with van der Waals surface area (Å²) in [4.78, 5) is 24.4. The molecule has 2 saturated heterocycles. The van der Waals surface area contributed by atoms with E-state index < -0.39 is 0 Å². The van der Waals surface area contributed by atoms with Crippen LogP contribution in [0.3, 0.4) is 0 Å². The van der Waals surface area contributed by atoms with Crippen LogP contribution in [0.15, 0.2) is 0 Å². The van der Waals surface area contributed by atoms with Gasteiger partial charge in [0.05, 0.1) is 19.8 Å². The van der Waals surface area contributed by atoms with Crippen LogP contribution >= 0.6 is 11.8 Å². The van der Waals surface area contributed by atoms with E-state index in [-0.39, 0.29) is 23.2 Å². The molecule has 2 aliphatic heterocycles. The lowest BCUT2D eigenvalue weighted by molar-refractivity contribution is -0.133. The first-order valence-electron chi connectivity index (χ1n) is 5.79. The monoisotopic (exact) mass is 259 g/mol. The van der Waals surface area contributed by atoms with Gasteiger partial charge in [0.2, 0.25) is 5.91 Å². The highest BCUT2D eigenvalue weighted by Gasteiger charge is 2.32. The largest absolute Gasteiger partial charge is 0.348 e. The Morgan fingerprint density at radius 3 is 2.82 bits per heavy atom. The molecule has 2 aliphatic rings. The molecule has 6 heteroatoms. The van der Waals surface area contributed by atoms with E-state index in [9.17, 15) is 9.59 Å². The van der Waals surface area contributed by atoms with Crippen LogP contribution in [-0.2, 0) is 19.1 Å². The lowest BCUT2D eigenvalue weighted by Crippen LogP contribution is -2.34. The van der Waals surface area contributed by atoms with Gasteiger partial charge in [-0.05, 0) is 5.92 Å². The summed E-state index contributed by atoms with van der Waals surface area (Å²) in [5.41, 5.74) is 0. The molecule has 96 valence electrons. The van der Waals surface area contributed by atoms with Crippen molar-refractivity contribution >= 4 is 22.8 Å². The van der Waals surface area contributed by atoms with Crippen molar-refractivity contribution in [1.29, 1.82) is 0 Å². The minimum absolute atomic E-state index is 0.110. The number of rotatable bonds is 4. The quantitative estimate of drug-likeness (QED) is 0.735. The third kappa shape index (κ3) is 3.69. The first kappa shape index (κ1) is 12.9. The van der Waals surface area contributed by atoms with E-state index in [1.165, 1.54) is 11.8 Å². The second kappa shape index (κ2) is 5.84. The van der Waals surface area contributed by atoms with Crippen LogP contribution in [0.25, 0.3) is 0 Å². The van der Waals surface area contributed by atoms with Crippen LogP contribution in [-0.4, -0.2) is 54.3 Å². The third-order valence-corrected chi connectivity index (χ3v) is 3.92. The van der Waals surface area contributed by atoms with Gasteiger partial charge < -0.3 is 14.4 Å². The molecule has 5 nitrogen and oxygen atoms in total. The smallest absolute Gasteiger partial charge is 0.223 e. The molecule has 2 heterocycles. The van der Waals surface area contributed by atoms with Crippen LogP contribution in [0.4, 0.5) is 0 Å². The van der Waals surface area contributed by atoms with Crippen LogP contribution in [0.1, 0.15) is 13.3 Å². The summed E-state index contributed by atoms with van der Waals surface area (Å²) in [7, 11) is 0. The minimum atomic E-state index is -0.266. The van der Waals surface area contributed by atoms with E-state index in [4.69, 9.17) is 9.47 Å². The molecule has 1 amide bonds. The lowest BCUT2D eigenvalue weighted by atomic mass is 10.1. The molecule has 0 N–H and O–H groups in total. The number of likely N-dealkylation sites (tertiary alicyclic amines) is 1. The Morgan fingerprint density at radius 2 is 2.18 bits per heavy atom. The predicted molar refractivity (Wildman–Crippen MR) is 63.5 cm³/mol. The number of ether oxygens (including phenoxy) is 2. The van der Waals surface area contributed by atoms with E-state index in [1.54, 1.807) is 11.8 Å². The number of hydrogen-bond acceptors (Lipinski definition) is 5. The topological polar surface area (TPSA) is 55.8 Å². The van der Waals surface area contributed by atoms with Crippen molar-refractivity contribution in [2.45, 2.75) is 19.6 Å². The summed E-state index contributed by atoms with van der Waals surface area (Å²) in [6, 6.07) is 0. The second-order valence-electron chi connectivity index (χ2n) is 4.34. The van der Waals surface area contributed by atoms with Crippen molar-refractivity contribution in [1.82, 2.24) is 4.90 Å². The first-order chi connectivity index (χ1) is 8.15. The van der Waals surface area contributed by atoms with Gasteiger partial charge >= 0.3 is 0 Å². The number of amides is 1. The Labute approximate surface area is 105 Å². The van der Waals surface area contributed by atoms with E-state index in [0.29, 0.717) is 32.7 Å². The average Bonchev–Trinajstić information content (AvgIpc) is 2.87. The normalized spacial score (nSPS) is 25.8. The summed E-state index contributed by atoms with van der Waals surface area (Å²) < 4.78 is 10.6. The molecular formula is C11H17NO4S. The minimum Gasteiger partial charge on any atom is -0.348 e. The fourth-order valence-electron chi connectivity index (χ4n) is 2.07. The fraction of sp³-hybridized carbons (Fsp3) is 0.818. The summed E-state index contributed by atoms with van der Waals surface area (Å²) in [5.74, 6) is 1.14. The standard InChI is InChI=1S/C11H17NO4S/c1-8(13)17-7-9-4-10(14)12(5-9)6-11-15-2-3-16-11/h9,11H,2-7H2,1H3. The number of hydrogen-bond donors (Lipinski definition) is 0. The molecule has 1 unspecified atom stereocenters. The predicted octanol–water partition coefficient (Wildman–Crippen LogP) is 0.488. The molecule has 1 atom stereocenters. The molecular weight excluding hydrogens is 242 g/mol. The lowest BCUT2D eigenvalue weighted by Gasteiger charge is -2.19. The van der Waals surface area contributed by atoms with Crippen molar-refractivity contribution in [2.75, 3.05) is 32.1 Å². The second-order valence-corrected chi connectivity index (χ2v) is 5.54. The number of carbonyl (C=O) groups is 2. The molecule has 0 aromatic heterocycles. The van der Waals surface area contributed by atoms with Crippen LogP contribution in [0, 0.1) is 5.92 Å². The Balaban J connectivity index is 1.76. The molecule has 17 heavy (non-hydrogen) atoms. The zero-order valence-electron chi connectivity index (χ0n) is 9.89. The highest BCUT2D eigenvalue weighted by molar-refractivity contribution is 8.13. The zero-order chi connectivity index (χ0) is 12.3. The first-order valence-corrected chi connectivity index (χ1v) is 6.78. The van der Waals surface area contributed by atoms with Crippen LogP contribution in [0.5, 0.6) is 0 Å². The summed E-state index contributed by atoms with van der Waals surface area (Å²) in [5, 5.41) is 0.110. The van der Waals surface area contributed by atoms with Crippen LogP contribution < -0.4 is 0 Å². The number of nitrogens with zero attached hydrogens (tertiary/aromatic N) is 1. The number of thioether (sulfide) groups is 1. The number of carbonyl (C=O) groups excluding carboxylic acids is 2. The summed E-state index contributed by atoms with van der Waals surface area (Å²) in [6.45, 7) is 3.99. The maximum absolute atomic E-state index is 11.7. The van der Waals surface area contributed by atoms with E-state index in [1.807, 2.05) is 0 Å². The van der Waals surface area contributed by atoms with Crippen molar-refractivity contribution in [2.24, 2.45) is 5.92 Å². The molecule has 0 aliphatic carbocycles. The molecule has 2 fully saturated rings. The highest BCUT2D eigenvalue weighted by Crippen LogP contribution is 2.23. The molecule has 0 bridgehead atoms. The third-order valence-electron chi connectivity index (χ3n) is 2.88. The molecule has 0 saturated carbocycles. The van der Waals surface area contributed by atoms with Crippen molar-refractivity contribution in [3.63, 3.8) is 0 Å². The summed E-state index contributed by atoms with van der Waals surface area (Å²) in [6.07, 6.45) is 0.269.